The maximum absolute atomic E-state index is 12.5. The standard InChI is InChI=1S/C22H22N2O3/c1-2-6-20(25)24-18-11-9-16(10-12-18)15-23-22(26)21-19(13-14-27-21)17-7-4-3-5-8-17/h3-5,7-14H,2,6,15H2,1H3,(H,23,26)(H,24,25). The molecular formula is C22H22N2O3. The summed E-state index contributed by atoms with van der Waals surface area (Å²) < 4.78 is 5.40. The fraction of sp³-hybridized carbons (Fsp3) is 0.182. The summed E-state index contributed by atoms with van der Waals surface area (Å²) in [6.45, 7) is 2.34. The van der Waals surface area contributed by atoms with Gasteiger partial charge in [-0.2, -0.15) is 0 Å². The van der Waals surface area contributed by atoms with Gasteiger partial charge in [-0.05, 0) is 35.7 Å². The van der Waals surface area contributed by atoms with Crippen molar-refractivity contribution in [3.63, 3.8) is 0 Å². The van der Waals surface area contributed by atoms with Gasteiger partial charge in [0.15, 0.2) is 5.76 Å². The predicted molar refractivity (Wildman–Crippen MR) is 105 cm³/mol. The lowest BCUT2D eigenvalue weighted by Gasteiger charge is -2.08. The monoisotopic (exact) mass is 362 g/mol. The molecule has 0 saturated carbocycles. The zero-order chi connectivity index (χ0) is 19.1. The first-order chi connectivity index (χ1) is 13.2. The molecule has 27 heavy (non-hydrogen) atoms. The van der Waals surface area contributed by atoms with E-state index in [1.165, 1.54) is 6.26 Å². The van der Waals surface area contributed by atoms with Crippen molar-refractivity contribution in [2.75, 3.05) is 5.32 Å². The SMILES string of the molecule is CCCC(=O)Nc1ccc(CNC(=O)c2occc2-c2ccccc2)cc1. The van der Waals surface area contributed by atoms with Crippen LogP contribution in [0.4, 0.5) is 5.69 Å². The van der Waals surface area contributed by atoms with E-state index >= 15 is 0 Å². The highest BCUT2D eigenvalue weighted by atomic mass is 16.3. The summed E-state index contributed by atoms with van der Waals surface area (Å²) in [5.74, 6) is 0.0358. The van der Waals surface area contributed by atoms with E-state index in [9.17, 15) is 9.59 Å². The summed E-state index contributed by atoms with van der Waals surface area (Å²) in [6, 6.07) is 18.9. The van der Waals surface area contributed by atoms with Gasteiger partial charge < -0.3 is 15.1 Å². The number of nitrogens with one attached hydrogen (secondary N) is 2. The van der Waals surface area contributed by atoms with E-state index < -0.39 is 0 Å². The van der Waals surface area contributed by atoms with Gasteiger partial charge in [0.05, 0.1) is 6.26 Å². The summed E-state index contributed by atoms with van der Waals surface area (Å²) in [6.07, 6.45) is 2.84. The Morgan fingerprint density at radius 2 is 1.70 bits per heavy atom. The van der Waals surface area contributed by atoms with E-state index in [1.807, 2.05) is 61.5 Å². The number of hydrogen-bond donors (Lipinski definition) is 2. The lowest BCUT2D eigenvalue weighted by molar-refractivity contribution is -0.116. The Morgan fingerprint density at radius 1 is 0.963 bits per heavy atom. The first kappa shape index (κ1) is 18.5. The maximum atomic E-state index is 12.5. The second-order valence-electron chi connectivity index (χ2n) is 6.21. The Bertz CT molecular complexity index is 899. The second kappa shape index (κ2) is 8.85. The van der Waals surface area contributed by atoms with Gasteiger partial charge in [0, 0.05) is 24.2 Å². The van der Waals surface area contributed by atoms with E-state index in [0.29, 0.717) is 18.7 Å². The highest BCUT2D eigenvalue weighted by Gasteiger charge is 2.16. The lowest BCUT2D eigenvalue weighted by atomic mass is 10.1. The Morgan fingerprint density at radius 3 is 2.41 bits per heavy atom. The summed E-state index contributed by atoms with van der Waals surface area (Å²) >= 11 is 0. The van der Waals surface area contributed by atoms with Crippen LogP contribution in [0, 0.1) is 0 Å². The third-order valence-electron chi connectivity index (χ3n) is 4.12. The molecule has 5 heteroatoms. The smallest absolute Gasteiger partial charge is 0.287 e. The minimum Gasteiger partial charge on any atom is -0.459 e. The highest BCUT2D eigenvalue weighted by Crippen LogP contribution is 2.24. The van der Waals surface area contributed by atoms with E-state index in [-0.39, 0.29) is 11.8 Å². The van der Waals surface area contributed by atoms with Crippen molar-refractivity contribution in [2.24, 2.45) is 0 Å². The van der Waals surface area contributed by atoms with Crippen LogP contribution in [0.1, 0.15) is 35.9 Å². The Balaban J connectivity index is 1.60. The molecule has 0 aliphatic carbocycles. The number of hydrogen-bond acceptors (Lipinski definition) is 3. The maximum Gasteiger partial charge on any atom is 0.287 e. The molecule has 0 radical (unpaired) electrons. The van der Waals surface area contributed by atoms with Crippen LogP contribution in [0.25, 0.3) is 11.1 Å². The van der Waals surface area contributed by atoms with E-state index in [0.717, 1.165) is 28.8 Å². The topological polar surface area (TPSA) is 71.3 Å². The Labute approximate surface area is 158 Å². The number of furan rings is 1. The molecule has 2 aromatic carbocycles. The van der Waals surface area contributed by atoms with Gasteiger partial charge in [-0.1, -0.05) is 49.4 Å². The van der Waals surface area contributed by atoms with Crippen LogP contribution in [-0.4, -0.2) is 11.8 Å². The number of rotatable bonds is 7. The summed E-state index contributed by atoms with van der Waals surface area (Å²) in [5, 5.41) is 5.71. The molecule has 3 rings (SSSR count). The Hall–Kier alpha value is -3.34. The van der Waals surface area contributed by atoms with Crippen molar-refractivity contribution in [3.8, 4) is 11.1 Å². The minimum atomic E-state index is -0.265. The average Bonchev–Trinajstić information content (AvgIpc) is 3.18. The van der Waals surface area contributed by atoms with Crippen LogP contribution in [0.5, 0.6) is 0 Å². The molecular weight excluding hydrogens is 340 g/mol. The lowest BCUT2D eigenvalue weighted by Crippen LogP contribution is -2.22. The number of carbonyl (C=O) groups is 2. The van der Waals surface area contributed by atoms with E-state index in [4.69, 9.17) is 4.42 Å². The zero-order valence-corrected chi connectivity index (χ0v) is 15.2. The van der Waals surface area contributed by atoms with Gasteiger partial charge in [0.1, 0.15) is 0 Å². The average molecular weight is 362 g/mol. The van der Waals surface area contributed by atoms with Gasteiger partial charge >= 0.3 is 0 Å². The molecule has 0 aliphatic heterocycles. The van der Waals surface area contributed by atoms with Crippen LogP contribution >= 0.6 is 0 Å². The van der Waals surface area contributed by atoms with Crippen LogP contribution in [0.2, 0.25) is 0 Å². The molecule has 2 N–H and O–H groups in total. The third-order valence-corrected chi connectivity index (χ3v) is 4.12. The van der Waals surface area contributed by atoms with Gasteiger partial charge in [-0.15, -0.1) is 0 Å². The summed E-state index contributed by atoms with van der Waals surface area (Å²) in [4.78, 5) is 24.1. The normalized spacial score (nSPS) is 10.4. The molecule has 0 spiro atoms. The van der Waals surface area contributed by atoms with Crippen LogP contribution in [0.15, 0.2) is 71.3 Å². The molecule has 1 heterocycles. The molecule has 0 unspecified atom stereocenters. The van der Waals surface area contributed by atoms with Crippen molar-refractivity contribution >= 4 is 17.5 Å². The molecule has 138 valence electrons. The van der Waals surface area contributed by atoms with Crippen LogP contribution < -0.4 is 10.6 Å². The molecule has 0 bridgehead atoms. The zero-order valence-electron chi connectivity index (χ0n) is 15.2. The fourth-order valence-electron chi connectivity index (χ4n) is 2.75. The third kappa shape index (κ3) is 4.85. The van der Waals surface area contributed by atoms with Crippen LogP contribution in [-0.2, 0) is 11.3 Å². The van der Waals surface area contributed by atoms with Crippen molar-refractivity contribution in [1.29, 1.82) is 0 Å². The van der Waals surface area contributed by atoms with E-state index in [1.54, 1.807) is 6.07 Å². The van der Waals surface area contributed by atoms with Gasteiger partial charge in [0.2, 0.25) is 5.91 Å². The van der Waals surface area contributed by atoms with Crippen LogP contribution in [0.3, 0.4) is 0 Å². The molecule has 3 aromatic rings. The fourth-order valence-corrected chi connectivity index (χ4v) is 2.75. The van der Waals surface area contributed by atoms with Gasteiger partial charge in [-0.25, -0.2) is 0 Å². The van der Waals surface area contributed by atoms with Crippen molar-refractivity contribution < 1.29 is 14.0 Å². The number of benzene rings is 2. The molecule has 1 aromatic heterocycles. The van der Waals surface area contributed by atoms with E-state index in [2.05, 4.69) is 10.6 Å². The number of carbonyl (C=O) groups excluding carboxylic acids is 2. The number of anilines is 1. The van der Waals surface area contributed by atoms with Crippen molar-refractivity contribution in [1.82, 2.24) is 5.32 Å². The first-order valence-corrected chi connectivity index (χ1v) is 8.97. The molecule has 0 atom stereocenters. The molecule has 5 nitrogen and oxygen atoms in total. The quantitative estimate of drug-likeness (QED) is 0.644. The largest absolute Gasteiger partial charge is 0.459 e. The molecule has 2 amide bonds. The summed E-state index contributed by atoms with van der Waals surface area (Å²) in [7, 11) is 0. The molecule has 0 saturated heterocycles. The minimum absolute atomic E-state index is 0.00446. The Kier molecular flexibility index (Phi) is 6.05. The van der Waals surface area contributed by atoms with Gasteiger partial charge in [-0.3, -0.25) is 9.59 Å². The molecule has 0 fully saturated rings. The first-order valence-electron chi connectivity index (χ1n) is 8.97. The van der Waals surface area contributed by atoms with Gasteiger partial charge in [0.25, 0.3) is 5.91 Å². The predicted octanol–water partition coefficient (Wildman–Crippen LogP) is 4.62. The highest BCUT2D eigenvalue weighted by molar-refractivity contribution is 5.98. The molecule has 0 aliphatic rings. The number of amides is 2. The second-order valence-corrected chi connectivity index (χ2v) is 6.21. The van der Waals surface area contributed by atoms with Crippen molar-refractivity contribution in [2.45, 2.75) is 26.3 Å². The van der Waals surface area contributed by atoms with Crippen molar-refractivity contribution in [3.05, 3.63) is 78.3 Å². The summed E-state index contributed by atoms with van der Waals surface area (Å²) in [5.41, 5.74) is 3.39.